The van der Waals surface area contributed by atoms with Crippen molar-refractivity contribution in [3.63, 3.8) is 0 Å². The van der Waals surface area contributed by atoms with Gasteiger partial charge in [0.2, 0.25) is 0 Å². The average Bonchev–Trinajstić information content (AvgIpc) is 2.25. The van der Waals surface area contributed by atoms with Crippen LogP contribution in [0, 0.1) is 13.8 Å². The van der Waals surface area contributed by atoms with Gasteiger partial charge in [0.05, 0.1) is 7.11 Å². The zero-order valence-corrected chi connectivity index (χ0v) is 10.6. The molecule has 0 unspecified atom stereocenters. The van der Waals surface area contributed by atoms with E-state index in [-0.39, 0.29) is 5.78 Å². The Kier molecular flexibility index (Phi) is 4.53. The summed E-state index contributed by atoms with van der Waals surface area (Å²) in [7, 11) is 1.66. The molecule has 2 nitrogen and oxygen atoms in total. The van der Waals surface area contributed by atoms with Crippen LogP contribution in [0.2, 0.25) is 0 Å². The van der Waals surface area contributed by atoms with Gasteiger partial charge in [-0.15, -0.1) is 0 Å². The van der Waals surface area contributed by atoms with Crippen molar-refractivity contribution in [2.75, 3.05) is 7.11 Å². The zero-order chi connectivity index (χ0) is 12.1. The van der Waals surface area contributed by atoms with E-state index in [4.69, 9.17) is 4.74 Å². The Labute approximate surface area is 97.6 Å². The van der Waals surface area contributed by atoms with Crippen LogP contribution in [0.15, 0.2) is 12.1 Å². The van der Waals surface area contributed by atoms with Crippen LogP contribution in [-0.4, -0.2) is 12.9 Å². The highest BCUT2D eigenvalue weighted by molar-refractivity contribution is 5.96. The third-order valence-corrected chi connectivity index (χ3v) is 2.74. The standard InChI is InChI=1S/C14H20O2/c1-5-6-7-13(15)12-8-10(2)14(16-4)11(3)9-12/h8-9H,5-7H2,1-4H3. The molecule has 1 aromatic rings. The van der Waals surface area contributed by atoms with Gasteiger partial charge >= 0.3 is 0 Å². The third kappa shape index (κ3) is 2.84. The fourth-order valence-electron chi connectivity index (χ4n) is 1.91. The molecule has 0 aliphatic heterocycles. The summed E-state index contributed by atoms with van der Waals surface area (Å²) in [6.45, 7) is 6.04. The normalized spacial score (nSPS) is 10.2. The van der Waals surface area contributed by atoms with Crippen molar-refractivity contribution >= 4 is 5.78 Å². The van der Waals surface area contributed by atoms with Crippen LogP contribution in [0.1, 0.15) is 47.7 Å². The minimum atomic E-state index is 0.232. The molecule has 0 aliphatic rings. The average molecular weight is 220 g/mol. The number of benzene rings is 1. The van der Waals surface area contributed by atoms with E-state index in [1.165, 1.54) is 0 Å². The fraction of sp³-hybridized carbons (Fsp3) is 0.500. The number of hydrogen-bond donors (Lipinski definition) is 0. The molecule has 1 aromatic carbocycles. The van der Waals surface area contributed by atoms with E-state index < -0.39 is 0 Å². The van der Waals surface area contributed by atoms with Crippen molar-refractivity contribution in [1.82, 2.24) is 0 Å². The Morgan fingerprint density at radius 1 is 1.25 bits per heavy atom. The Bertz CT molecular complexity index is 357. The van der Waals surface area contributed by atoms with E-state index in [9.17, 15) is 4.79 Å². The van der Waals surface area contributed by atoms with Crippen molar-refractivity contribution in [2.45, 2.75) is 40.0 Å². The molecular weight excluding hydrogens is 200 g/mol. The van der Waals surface area contributed by atoms with Gasteiger partial charge in [0.1, 0.15) is 5.75 Å². The van der Waals surface area contributed by atoms with E-state index in [0.717, 1.165) is 35.3 Å². The maximum Gasteiger partial charge on any atom is 0.162 e. The molecule has 2 heteroatoms. The smallest absolute Gasteiger partial charge is 0.162 e. The van der Waals surface area contributed by atoms with E-state index in [1.807, 2.05) is 26.0 Å². The lowest BCUT2D eigenvalue weighted by molar-refractivity contribution is 0.0979. The molecule has 88 valence electrons. The van der Waals surface area contributed by atoms with Gasteiger partial charge in [-0.3, -0.25) is 4.79 Å². The predicted molar refractivity (Wildman–Crippen MR) is 66.3 cm³/mol. The lowest BCUT2D eigenvalue weighted by Gasteiger charge is -2.10. The molecule has 0 N–H and O–H groups in total. The highest BCUT2D eigenvalue weighted by Crippen LogP contribution is 2.25. The molecular formula is C14H20O2. The number of methoxy groups -OCH3 is 1. The summed E-state index contributed by atoms with van der Waals surface area (Å²) in [6, 6.07) is 3.84. The van der Waals surface area contributed by atoms with E-state index in [0.29, 0.717) is 6.42 Å². The molecule has 0 heterocycles. The summed E-state index contributed by atoms with van der Waals surface area (Å²) in [5, 5.41) is 0. The Morgan fingerprint density at radius 2 is 1.81 bits per heavy atom. The van der Waals surface area contributed by atoms with Crippen molar-refractivity contribution in [2.24, 2.45) is 0 Å². The second-order valence-corrected chi connectivity index (χ2v) is 4.17. The molecule has 0 fully saturated rings. The highest BCUT2D eigenvalue weighted by atomic mass is 16.5. The van der Waals surface area contributed by atoms with Crippen molar-refractivity contribution in [3.05, 3.63) is 28.8 Å². The number of carbonyl (C=O) groups excluding carboxylic acids is 1. The molecule has 0 aliphatic carbocycles. The predicted octanol–water partition coefficient (Wildman–Crippen LogP) is 3.68. The number of rotatable bonds is 5. The SMILES string of the molecule is CCCCC(=O)c1cc(C)c(OC)c(C)c1. The molecule has 0 spiro atoms. The minimum Gasteiger partial charge on any atom is -0.496 e. The van der Waals surface area contributed by atoms with Crippen LogP contribution in [-0.2, 0) is 0 Å². The van der Waals surface area contributed by atoms with Crippen molar-refractivity contribution in [3.8, 4) is 5.75 Å². The molecule has 0 aromatic heterocycles. The second kappa shape index (κ2) is 5.69. The van der Waals surface area contributed by atoms with Crippen LogP contribution in [0.25, 0.3) is 0 Å². The number of ether oxygens (including phenoxy) is 1. The first kappa shape index (κ1) is 12.8. The number of aryl methyl sites for hydroxylation is 2. The molecule has 16 heavy (non-hydrogen) atoms. The zero-order valence-electron chi connectivity index (χ0n) is 10.6. The molecule has 1 rings (SSSR count). The van der Waals surface area contributed by atoms with Gasteiger partial charge in [-0.05, 0) is 43.5 Å². The lowest BCUT2D eigenvalue weighted by Crippen LogP contribution is -2.01. The van der Waals surface area contributed by atoms with Gasteiger partial charge in [-0.1, -0.05) is 13.3 Å². The van der Waals surface area contributed by atoms with E-state index in [2.05, 4.69) is 6.92 Å². The molecule has 0 amide bonds. The van der Waals surface area contributed by atoms with Crippen LogP contribution >= 0.6 is 0 Å². The monoisotopic (exact) mass is 220 g/mol. The Balaban J connectivity index is 2.95. The van der Waals surface area contributed by atoms with E-state index >= 15 is 0 Å². The van der Waals surface area contributed by atoms with Gasteiger partial charge in [0, 0.05) is 12.0 Å². The van der Waals surface area contributed by atoms with Crippen molar-refractivity contribution in [1.29, 1.82) is 0 Å². The van der Waals surface area contributed by atoms with Gasteiger partial charge in [-0.25, -0.2) is 0 Å². The summed E-state index contributed by atoms with van der Waals surface area (Å²) in [4.78, 5) is 11.9. The van der Waals surface area contributed by atoms with Gasteiger partial charge in [-0.2, -0.15) is 0 Å². The van der Waals surface area contributed by atoms with Crippen LogP contribution < -0.4 is 4.74 Å². The van der Waals surface area contributed by atoms with Gasteiger partial charge in [0.15, 0.2) is 5.78 Å². The van der Waals surface area contributed by atoms with Gasteiger partial charge < -0.3 is 4.74 Å². The number of Topliss-reactive ketones (excluding diaryl/α,β-unsaturated/α-hetero) is 1. The molecule has 0 saturated carbocycles. The molecule has 0 atom stereocenters. The number of unbranched alkanes of at least 4 members (excludes halogenated alkanes) is 1. The second-order valence-electron chi connectivity index (χ2n) is 4.17. The Hall–Kier alpha value is -1.31. The van der Waals surface area contributed by atoms with Gasteiger partial charge in [0.25, 0.3) is 0 Å². The summed E-state index contributed by atoms with van der Waals surface area (Å²) in [5.41, 5.74) is 2.87. The fourth-order valence-corrected chi connectivity index (χ4v) is 1.91. The largest absolute Gasteiger partial charge is 0.496 e. The summed E-state index contributed by atoms with van der Waals surface area (Å²) in [5.74, 6) is 1.11. The molecule has 0 radical (unpaired) electrons. The highest BCUT2D eigenvalue weighted by Gasteiger charge is 2.10. The topological polar surface area (TPSA) is 26.3 Å². The third-order valence-electron chi connectivity index (χ3n) is 2.74. The van der Waals surface area contributed by atoms with Crippen LogP contribution in [0.3, 0.4) is 0 Å². The van der Waals surface area contributed by atoms with Crippen LogP contribution in [0.4, 0.5) is 0 Å². The lowest BCUT2D eigenvalue weighted by atomic mass is 10.00. The van der Waals surface area contributed by atoms with Crippen LogP contribution in [0.5, 0.6) is 5.75 Å². The summed E-state index contributed by atoms with van der Waals surface area (Å²) >= 11 is 0. The minimum absolute atomic E-state index is 0.232. The molecule has 0 saturated heterocycles. The first-order chi connectivity index (χ1) is 7.60. The molecule has 0 bridgehead atoms. The Morgan fingerprint density at radius 3 is 2.25 bits per heavy atom. The first-order valence-corrected chi connectivity index (χ1v) is 5.78. The van der Waals surface area contributed by atoms with E-state index in [1.54, 1.807) is 7.11 Å². The first-order valence-electron chi connectivity index (χ1n) is 5.78. The summed E-state index contributed by atoms with van der Waals surface area (Å²) in [6.07, 6.45) is 2.66. The maximum absolute atomic E-state index is 11.9. The quantitative estimate of drug-likeness (QED) is 0.707. The number of carbonyl (C=O) groups is 1. The maximum atomic E-state index is 11.9. The number of ketones is 1. The summed E-state index contributed by atoms with van der Waals surface area (Å²) < 4.78 is 5.28. The van der Waals surface area contributed by atoms with Crippen molar-refractivity contribution < 1.29 is 9.53 Å². The number of hydrogen-bond acceptors (Lipinski definition) is 2.